The number of rotatable bonds is 2. The van der Waals surface area contributed by atoms with E-state index in [1.54, 1.807) is 0 Å². The second kappa shape index (κ2) is 7.08. The third-order valence-electron chi connectivity index (χ3n) is 5.73. The first-order valence-electron chi connectivity index (χ1n) is 9.97. The maximum Gasteiger partial charge on any atom is 0.274 e. The van der Waals surface area contributed by atoms with Crippen LogP contribution in [0.15, 0.2) is 30.3 Å². The van der Waals surface area contributed by atoms with Gasteiger partial charge < -0.3 is 9.64 Å². The van der Waals surface area contributed by atoms with Gasteiger partial charge in [-0.05, 0) is 31.0 Å². The van der Waals surface area contributed by atoms with Gasteiger partial charge >= 0.3 is 0 Å². The number of aromatic amines is 1. The molecular weight excluding hydrogens is 354 g/mol. The van der Waals surface area contributed by atoms with Crippen LogP contribution < -0.4 is 4.74 Å². The van der Waals surface area contributed by atoms with E-state index in [0.717, 1.165) is 18.5 Å². The molecule has 0 unspecified atom stereocenters. The molecule has 1 N–H and O–H groups in total. The molecule has 1 saturated heterocycles. The van der Waals surface area contributed by atoms with Gasteiger partial charge in [-0.3, -0.25) is 14.7 Å². The summed E-state index contributed by atoms with van der Waals surface area (Å²) in [4.78, 5) is 27.3. The van der Waals surface area contributed by atoms with Gasteiger partial charge in [0, 0.05) is 36.5 Å². The van der Waals surface area contributed by atoms with Crippen molar-refractivity contribution in [2.24, 2.45) is 5.92 Å². The molecule has 2 aromatic rings. The number of likely N-dealkylation sites (tertiary alicyclic amines) is 1. The minimum Gasteiger partial charge on any atom is -0.489 e. The number of amides is 1. The normalized spacial score (nSPS) is 22.5. The Labute approximate surface area is 165 Å². The van der Waals surface area contributed by atoms with Crippen molar-refractivity contribution in [2.75, 3.05) is 13.1 Å². The fourth-order valence-electron chi connectivity index (χ4n) is 4.04. The average molecular weight is 381 g/mol. The Kier molecular flexibility index (Phi) is 4.73. The molecular formula is C22H27N3O3. The van der Waals surface area contributed by atoms with Gasteiger partial charge in [-0.2, -0.15) is 5.10 Å². The van der Waals surface area contributed by atoms with Crippen LogP contribution in [0.4, 0.5) is 0 Å². The number of carbonyl (C=O) groups is 2. The summed E-state index contributed by atoms with van der Waals surface area (Å²) in [5.41, 5.74) is 1.98. The van der Waals surface area contributed by atoms with Gasteiger partial charge in [0.25, 0.3) is 5.91 Å². The standard InChI is InChI=1S/C22H27N3O3/c1-22(2,3)20-11-16(23-24-20)21(27)25-10-6-7-14(13-25)19-12-17(26)15-8-4-5-9-18(15)28-19/h4-5,8-9,11,14,19H,6-7,10,12-13H2,1-3H3,(H,23,24)/t14-,19-/m0/s1. The van der Waals surface area contributed by atoms with E-state index in [-0.39, 0.29) is 29.1 Å². The molecule has 1 fully saturated rings. The number of para-hydroxylation sites is 1. The lowest BCUT2D eigenvalue weighted by Crippen LogP contribution is -2.46. The number of H-pyrrole nitrogens is 1. The second-order valence-electron chi connectivity index (χ2n) is 8.85. The lowest BCUT2D eigenvalue weighted by atomic mass is 9.86. The Hall–Kier alpha value is -2.63. The third-order valence-corrected chi connectivity index (χ3v) is 5.73. The number of piperidine rings is 1. The van der Waals surface area contributed by atoms with Gasteiger partial charge in [0.1, 0.15) is 17.5 Å². The van der Waals surface area contributed by atoms with Crippen LogP contribution in [-0.4, -0.2) is 46.0 Å². The van der Waals surface area contributed by atoms with Crippen molar-refractivity contribution in [1.29, 1.82) is 0 Å². The highest BCUT2D eigenvalue weighted by Crippen LogP contribution is 2.33. The zero-order valence-corrected chi connectivity index (χ0v) is 16.7. The Morgan fingerprint density at radius 1 is 1.29 bits per heavy atom. The first kappa shape index (κ1) is 18.7. The summed E-state index contributed by atoms with van der Waals surface area (Å²) in [6.45, 7) is 7.56. The van der Waals surface area contributed by atoms with Crippen LogP contribution in [-0.2, 0) is 5.41 Å². The molecule has 0 saturated carbocycles. The number of nitrogens with zero attached hydrogens (tertiary/aromatic N) is 2. The number of Topliss-reactive ketones (excluding diaryl/α,β-unsaturated/α-hetero) is 1. The molecule has 6 nitrogen and oxygen atoms in total. The van der Waals surface area contributed by atoms with Crippen molar-refractivity contribution in [1.82, 2.24) is 15.1 Å². The van der Waals surface area contributed by atoms with E-state index in [1.165, 1.54) is 0 Å². The largest absolute Gasteiger partial charge is 0.489 e. The predicted molar refractivity (Wildman–Crippen MR) is 106 cm³/mol. The molecule has 0 radical (unpaired) electrons. The fourth-order valence-corrected chi connectivity index (χ4v) is 4.04. The molecule has 0 spiro atoms. The molecule has 2 aliphatic rings. The molecule has 28 heavy (non-hydrogen) atoms. The smallest absolute Gasteiger partial charge is 0.274 e. The van der Waals surface area contributed by atoms with Crippen LogP contribution in [0.3, 0.4) is 0 Å². The van der Waals surface area contributed by atoms with E-state index in [0.29, 0.717) is 36.5 Å². The topological polar surface area (TPSA) is 75.3 Å². The maximum absolute atomic E-state index is 13.0. The summed E-state index contributed by atoms with van der Waals surface area (Å²) >= 11 is 0. The lowest BCUT2D eigenvalue weighted by molar-refractivity contribution is 0.0406. The summed E-state index contributed by atoms with van der Waals surface area (Å²) in [5.74, 6) is 0.877. The summed E-state index contributed by atoms with van der Waals surface area (Å²) in [6.07, 6.45) is 2.06. The molecule has 2 atom stereocenters. The van der Waals surface area contributed by atoms with Gasteiger partial charge in [0.05, 0.1) is 5.56 Å². The molecule has 1 aromatic heterocycles. The monoisotopic (exact) mass is 381 g/mol. The molecule has 6 heteroatoms. The van der Waals surface area contributed by atoms with Crippen LogP contribution in [0.1, 0.15) is 66.6 Å². The molecule has 2 aliphatic heterocycles. The maximum atomic E-state index is 13.0. The van der Waals surface area contributed by atoms with Gasteiger partial charge in [-0.15, -0.1) is 0 Å². The Morgan fingerprint density at radius 3 is 2.82 bits per heavy atom. The predicted octanol–water partition coefficient (Wildman–Crippen LogP) is 3.59. The summed E-state index contributed by atoms with van der Waals surface area (Å²) in [5, 5.41) is 7.23. The first-order chi connectivity index (χ1) is 13.3. The quantitative estimate of drug-likeness (QED) is 0.863. The van der Waals surface area contributed by atoms with Gasteiger partial charge in [0.2, 0.25) is 0 Å². The zero-order valence-electron chi connectivity index (χ0n) is 16.7. The Bertz CT molecular complexity index is 896. The van der Waals surface area contributed by atoms with Crippen molar-refractivity contribution in [3.63, 3.8) is 0 Å². The van der Waals surface area contributed by atoms with Crippen LogP contribution in [0, 0.1) is 5.92 Å². The highest BCUT2D eigenvalue weighted by molar-refractivity contribution is 6.00. The molecule has 0 bridgehead atoms. The number of ketones is 1. The fraction of sp³-hybridized carbons (Fsp3) is 0.500. The zero-order chi connectivity index (χ0) is 19.9. The van der Waals surface area contributed by atoms with Crippen LogP contribution in [0.2, 0.25) is 0 Å². The molecule has 3 heterocycles. The number of hydrogen-bond acceptors (Lipinski definition) is 4. The SMILES string of the molecule is CC(C)(C)c1cc(C(=O)N2CCC[C@H]([C@@H]3CC(=O)c4ccccc4O3)C2)n[nH]1. The van der Waals surface area contributed by atoms with E-state index in [4.69, 9.17) is 4.74 Å². The number of aromatic nitrogens is 2. The van der Waals surface area contributed by atoms with Gasteiger partial charge in [-0.25, -0.2) is 0 Å². The minimum absolute atomic E-state index is 0.0565. The summed E-state index contributed by atoms with van der Waals surface area (Å²) in [7, 11) is 0. The van der Waals surface area contributed by atoms with Crippen LogP contribution in [0.25, 0.3) is 0 Å². The Morgan fingerprint density at radius 2 is 2.07 bits per heavy atom. The number of nitrogens with one attached hydrogen (secondary N) is 1. The molecule has 0 aliphatic carbocycles. The highest BCUT2D eigenvalue weighted by atomic mass is 16.5. The molecule has 1 aromatic carbocycles. The van der Waals surface area contributed by atoms with E-state index >= 15 is 0 Å². The number of hydrogen-bond donors (Lipinski definition) is 1. The van der Waals surface area contributed by atoms with Crippen molar-refractivity contribution in [3.8, 4) is 5.75 Å². The van der Waals surface area contributed by atoms with E-state index in [1.807, 2.05) is 35.2 Å². The Balaban J connectivity index is 1.47. The molecule has 148 valence electrons. The highest BCUT2D eigenvalue weighted by Gasteiger charge is 2.36. The minimum atomic E-state index is -0.178. The molecule has 1 amide bonds. The van der Waals surface area contributed by atoms with E-state index < -0.39 is 0 Å². The summed E-state index contributed by atoms with van der Waals surface area (Å²) in [6, 6.07) is 9.26. The summed E-state index contributed by atoms with van der Waals surface area (Å²) < 4.78 is 6.14. The first-order valence-corrected chi connectivity index (χ1v) is 9.97. The van der Waals surface area contributed by atoms with E-state index in [9.17, 15) is 9.59 Å². The lowest BCUT2D eigenvalue weighted by Gasteiger charge is -2.38. The van der Waals surface area contributed by atoms with Gasteiger partial charge in [0.15, 0.2) is 5.78 Å². The van der Waals surface area contributed by atoms with Gasteiger partial charge in [-0.1, -0.05) is 32.9 Å². The van der Waals surface area contributed by atoms with Crippen molar-refractivity contribution < 1.29 is 14.3 Å². The van der Waals surface area contributed by atoms with Crippen LogP contribution in [0.5, 0.6) is 5.75 Å². The van der Waals surface area contributed by atoms with Crippen LogP contribution >= 0.6 is 0 Å². The van der Waals surface area contributed by atoms with E-state index in [2.05, 4.69) is 31.0 Å². The number of fused-ring (bicyclic) bond motifs is 1. The number of carbonyl (C=O) groups excluding carboxylic acids is 2. The van der Waals surface area contributed by atoms with Crippen molar-refractivity contribution >= 4 is 11.7 Å². The third kappa shape index (κ3) is 3.55. The number of benzene rings is 1. The average Bonchev–Trinajstić information content (AvgIpc) is 3.18. The second-order valence-corrected chi connectivity index (χ2v) is 8.85. The number of ether oxygens (including phenoxy) is 1. The van der Waals surface area contributed by atoms with Crippen molar-refractivity contribution in [2.45, 2.75) is 51.6 Å². The molecule has 4 rings (SSSR count). The van der Waals surface area contributed by atoms with Crippen molar-refractivity contribution in [3.05, 3.63) is 47.3 Å².